The van der Waals surface area contributed by atoms with Crippen LogP contribution in [0.4, 0.5) is 0 Å². The summed E-state index contributed by atoms with van der Waals surface area (Å²) in [5.74, 6) is 1.76. The summed E-state index contributed by atoms with van der Waals surface area (Å²) in [5.41, 5.74) is -0.197. The fraction of sp³-hybridized carbons (Fsp3) is 0.857. The summed E-state index contributed by atoms with van der Waals surface area (Å²) in [6, 6.07) is 0.695. The van der Waals surface area contributed by atoms with Crippen LogP contribution in [0, 0.1) is 5.92 Å². The fourth-order valence-electron chi connectivity index (χ4n) is 3.73. The molecule has 1 saturated heterocycles. The first kappa shape index (κ1) is 12.9. The van der Waals surface area contributed by atoms with E-state index in [1.54, 1.807) is 0 Å². The molecule has 0 radical (unpaired) electrons. The molecule has 1 atom stereocenters. The molecule has 2 fully saturated rings. The Morgan fingerprint density at radius 3 is 2.74 bits per heavy atom. The maximum absolute atomic E-state index is 11.1. The third-order valence-corrected chi connectivity index (χ3v) is 4.79. The summed E-state index contributed by atoms with van der Waals surface area (Å²) in [7, 11) is 0. The van der Waals surface area contributed by atoms with Gasteiger partial charge in [-0.3, -0.25) is 9.88 Å². The molecule has 2 N–H and O–H groups in total. The van der Waals surface area contributed by atoms with E-state index in [2.05, 4.69) is 20.1 Å². The average molecular weight is 264 g/mol. The van der Waals surface area contributed by atoms with E-state index >= 15 is 0 Å². The maximum Gasteiger partial charge on any atom is 0.340 e. The van der Waals surface area contributed by atoms with E-state index in [0.717, 1.165) is 24.8 Å². The number of hydrogen-bond acceptors (Lipinski definition) is 3. The van der Waals surface area contributed by atoms with Gasteiger partial charge < -0.3 is 0 Å². The van der Waals surface area contributed by atoms with Crippen molar-refractivity contribution in [1.29, 1.82) is 0 Å². The van der Waals surface area contributed by atoms with Gasteiger partial charge in [0.05, 0.1) is 6.54 Å². The van der Waals surface area contributed by atoms with E-state index in [-0.39, 0.29) is 5.69 Å². The van der Waals surface area contributed by atoms with Crippen LogP contribution in [0.3, 0.4) is 0 Å². The molecule has 2 heterocycles. The number of nitrogens with one attached hydrogen (secondary N) is 2. The standard InChI is InChI=1S/C14H24N4O/c19-14-15-13(16-17-14)10-18-9-3-6-12(18)8-7-11-4-1-2-5-11/h11-12H,1-10H2,(H2,15,16,17,19). The number of likely N-dealkylation sites (tertiary alicyclic amines) is 1. The van der Waals surface area contributed by atoms with Crippen molar-refractivity contribution in [3.8, 4) is 0 Å². The van der Waals surface area contributed by atoms with Gasteiger partial charge in [-0.15, -0.1) is 0 Å². The molecular formula is C14H24N4O. The Hall–Kier alpha value is -1.10. The number of hydrogen-bond donors (Lipinski definition) is 2. The highest BCUT2D eigenvalue weighted by atomic mass is 16.1. The van der Waals surface area contributed by atoms with E-state index in [1.807, 2.05) is 0 Å². The van der Waals surface area contributed by atoms with Crippen molar-refractivity contribution in [2.24, 2.45) is 5.92 Å². The highest BCUT2D eigenvalue weighted by Crippen LogP contribution is 2.31. The van der Waals surface area contributed by atoms with E-state index in [9.17, 15) is 4.79 Å². The second kappa shape index (κ2) is 5.90. The van der Waals surface area contributed by atoms with Gasteiger partial charge in [-0.25, -0.2) is 9.89 Å². The molecule has 0 aromatic carbocycles. The summed E-state index contributed by atoms with van der Waals surface area (Å²) in [6.45, 7) is 1.93. The minimum Gasteiger partial charge on any atom is -0.293 e. The zero-order chi connectivity index (χ0) is 13.1. The van der Waals surface area contributed by atoms with Crippen molar-refractivity contribution in [3.63, 3.8) is 0 Å². The minimum atomic E-state index is -0.197. The van der Waals surface area contributed by atoms with Crippen molar-refractivity contribution in [2.45, 2.75) is 64.0 Å². The average Bonchev–Trinajstić information content (AvgIpc) is 3.10. The molecule has 1 aromatic rings. The van der Waals surface area contributed by atoms with Crippen molar-refractivity contribution >= 4 is 0 Å². The first-order chi connectivity index (χ1) is 9.31. The minimum absolute atomic E-state index is 0.197. The van der Waals surface area contributed by atoms with E-state index < -0.39 is 0 Å². The lowest BCUT2D eigenvalue weighted by molar-refractivity contribution is 0.218. The van der Waals surface area contributed by atoms with Gasteiger partial charge in [0.15, 0.2) is 0 Å². The number of aromatic amines is 2. The smallest absolute Gasteiger partial charge is 0.293 e. The van der Waals surface area contributed by atoms with Crippen molar-refractivity contribution in [1.82, 2.24) is 20.1 Å². The molecule has 0 spiro atoms. The summed E-state index contributed by atoms with van der Waals surface area (Å²) < 4.78 is 0. The Labute approximate surface area is 113 Å². The Balaban J connectivity index is 1.50. The first-order valence-electron chi connectivity index (χ1n) is 7.69. The van der Waals surface area contributed by atoms with Crippen LogP contribution in [0.25, 0.3) is 0 Å². The number of rotatable bonds is 5. The van der Waals surface area contributed by atoms with Crippen LogP contribution in [-0.4, -0.2) is 32.7 Å². The highest BCUT2D eigenvalue weighted by molar-refractivity contribution is 4.87. The van der Waals surface area contributed by atoms with Crippen LogP contribution in [-0.2, 0) is 6.54 Å². The first-order valence-corrected chi connectivity index (χ1v) is 7.69. The lowest BCUT2D eigenvalue weighted by Crippen LogP contribution is -2.29. The molecule has 1 unspecified atom stereocenters. The summed E-state index contributed by atoms with van der Waals surface area (Å²) in [4.78, 5) is 16.3. The molecule has 0 amide bonds. The van der Waals surface area contributed by atoms with Gasteiger partial charge in [-0.1, -0.05) is 25.7 Å². The molecule has 2 aliphatic rings. The largest absolute Gasteiger partial charge is 0.340 e. The maximum atomic E-state index is 11.1. The van der Waals surface area contributed by atoms with Crippen LogP contribution in [0.15, 0.2) is 4.79 Å². The van der Waals surface area contributed by atoms with Crippen molar-refractivity contribution in [2.75, 3.05) is 6.54 Å². The lowest BCUT2D eigenvalue weighted by atomic mass is 9.97. The molecule has 1 aliphatic carbocycles. The second-order valence-electron chi connectivity index (χ2n) is 6.12. The third kappa shape index (κ3) is 3.26. The normalized spacial score (nSPS) is 25.4. The molecule has 5 nitrogen and oxygen atoms in total. The van der Waals surface area contributed by atoms with Crippen molar-refractivity contribution < 1.29 is 0 Å². The number of H-pyrrole nitrogens is 2. The molecule has 1 saturated carbocycles. The summed E-state index contributed by atoms with van der Waals surface area (Å²) >= 11 is 0. The summed E-state index contributed by atoms with van der Waals surface area (Å²) in [5, 5.41) is 6.46. The van der Waals surface area contributed by atoms with Crippen LogP contribution in [0.2, 0.25) is 0 Å². The van der Waals surface area contributed by atoms with Gasteiger partial charge in [-0.05, 0) is 38.1 Å². The predicted octanol–water partition coefficient (Wildman–Crippen LogP) is 2.03. The zero-order valence-corrected chi connectivity index (χ0v) is 11.5. The van der Waals surface area contributed by atoms with Crippen LogP contribution < -0.4 is 5.69 Å². The molecule has 1 aliphatic heterocycles. The van der Waals surface area contributed by atoms with Gasteiger partial charge in [0, 0.05) is 6.04 Å². The Bertz CT molecular complexity index is 446. The quantitative estimate of drug-likeness (QED) is 0.855. The van der Waals surface area contributed by atoms with Gasteiger partial charge >= 0.3 is 5.69 Å². The van der Waals surface area contributed by atoms with E-state index in [0.29, 0.717) is 6.04 Å². The summed E-state index contributed by atoms with van der Waals surface area (Å²) in [6.07, 6.45) is 11.1. The molecule has 3 rings (SSSR count). The molecule has 0 bridgehead atoms. The monoisotopic (exact) mass is 264 g/mol. The topological polar surface area (TPSA) is 64.8 Å². The SMILES string of the molecule is O=c1[nH]nc(CN2CCCC2CCC2CCCC2)[nH]1. The molecule has 1 aromatic heterocycles. The fourth-order valence-corrected chi connectivity index (χ4v) is 3.73. The zero-order valence-electron chi connectivity index (χ0n) is 11.5. The van der Waals surface area contributed by atoms with Crippen LogP contribution in [0.5, 0.6) is 0 Å². The van der Waals surface area contributed by atoms with E-state index in [4.69, 9.17) is 0 Å². The van der Waals surface area contributed by atoms with Gasteiger partial charge in [0.1, 0.15) is 5.82 Å². The molecule has 106 valence electrons. The van der Waals surface area contributed by atoms with Gasteiger partial charge in [-0.2, -0.15) is 5.10 Å². The third-order valence-electron chi connectivity index (χ3n) is 4.79. The molecule has 19 heavy (non-hydrogen) atoms. The highest BCUT2D eigenvalue weighted by Gasteiger charge is 2.26. The van der Waals surface area contributed by atoms with Gasteiger partial charge in [0.25, 0.3) is 0 Å². The van der Waals surface area contributed by atoms with Crippen LogP contribution in [0.1, 0.15) is 57.2 Å². The lowest BCUT2D eigenvalue weighted by Gasteiger charge is -2.24. The molecule has 5 heteroatoms. The Morgan fingerprint density at radius 2 is 2.00 bits per heavy atom. The number of aromatic nitrogens is 3. The van der Waals surface area contributed by atoms with Crippen LogP contribution >= 0.6 is 0 Å². The van der Waals surface area contributed by atoms with Crippen molar-refractivity contribution in [3.05, 3.63) is 16.3 Å². The van der Waals surface area contributed by atoms with Gasteiger partial charge in [0.2, 0.25) is 0 Å². The molecular weight excluding hydrogens is 240 g/mol. The Morgan fingerprint density at radius 1 is 1.16 bits per heavy atom. The Kier molecular flexibility index (Phi) is 4.01. The predicted molar refractivity (Wildman–Crippen MR) is 73.8 cm³/mol. The second-order valence-corrected chi connectivity index (χ2v) is 6.12. The van der Waals surface area contributed by atoms with E-state index in [1.165, 1.54) is 51.4 Å². The number of nitrogens with zero attached hydrogens (tertiary/aromatic N) is 2.